The second-order valence-electron chi connectivity index (χ2n) is 6.30. The lowest BCUT2D eigenvalue weighted by Crippen LogP contribution is -2.41. The van der Waals surface area contributed by atoms with Crippen molar-refractivity contribution in [2.24, 2.45) is 0 Å². The molecular weight excluding hydrogens is 340 g/mol. The smallest absolute Gasteiger partial charge is 0.361 e. The highest BCUT2D eigenvalue weighted by molar-refractivity contribution is 5.99. The predicted octanol–water partition coefficient (Wildman–Crippen LogP) is 1.57. The molecule has 0 unspecified atom stereocenters. The molecule has 1 amide bonds. The zero-order valence-electron chi connectivity index (χ0n) is 14.9. The van der Waals surface area contributed by atoms with Gasteiger partial charge in [-0.05, 0) is 26.2 Å². The number of carbonyl (C=O) groups is 2. The van der Waals surface area contributed by atoms with Crippen LogP contribution in [-0.2, 0) is 9.53 Å². The second kappa shape index (κ2) is 7.67. The summed E-state index contributed by atoms with van der Waals surface area (Å²) in [6.45, 7) is 3.61. The highest BCUT2D eigenvalue weighted by atomic mass is 16.5. The van der Waals surface area contributed by atoms with Crippen LogP contribution < -0.4 is 10.9 Å². The number of ether oxygens (including phenoxy) is 1. The van der Waals surface area contributed by atoms with Gasteiger partial charge in [0.05, 0.1) is 6.61 Å². The van der Waals surface area contributed by atoms with Crippen LogP contribution >= 0.6 is 0 Å². The summed E-state index contributed by atoms with van der Waals surface area (Å²) >= 11 is 0. The van der Waals surface area contributed by atoms with Crippen LogP contribution in [0.4, 0.5) is 0 Å². The van der Waals surface area contributed by atoms with Gasteiger partial charge in [-0.1, -0.05) is 24.9 Å². The zero-order chi connectivity index (χ0) is 18.7. The minimum atomic E-state index is -0.758. The maximum absolute atomic E-state index is 12.9. The van der Waals surface area contributed by atoms with Crippen molar-refractivity contribution >= 4 is 23.0 Å². The molecule has 3 rings (SSSR count). The van der Waals surface area contributed by atoms with Crippen molar-refractivity contribution in [3.63, 3.8) is 0 Å². The maximum Gasteiger partial charge on any atom is 0.361 e. The Balaban J connectivity index is 1.96. The van der Waals surface area contributed by atoms with Gasteiger partial charge in [0.15, 0.2) is 0 Å². The van der Waals surface area contributed by atoms with Gasteiger partial charge in [0.25, 0.3) is 11.3 Å². The third-order valence-corrected chi connectivity index (χ3v) is 4.62. The lowest BCUT2D eigenvalue weighted by atomic mass is 10.1. The lowest BCUT2D eigenvalue weighted by Gasteiger charge is -2.20. The number of amides is 1. The Morgan fingerprint density at radius 1 is 1.38 bits per heavy atom. The molecule has 1 aliphatic carbocycles. The average molecular weight is 362 g/mol. The van der Waals surface area contributed by atoms with E-state index in [0.717, 1.165) is 25.7 Å². The molecule has 2 heterocycles. The van der Waals surface area contributed by atoms with Crippen LogP contribution in [0.5, 0.6) is 0 Å². The number of aromatic nitrogens is 3. The van der Waals surface area contributed by atoms with Gasteiger partial charge in [-0.2, -0.15) is 0 Å². The van der Waals surface area contributed by atoms with E-state index in [9.17, 15) is 14.4 Å². The summed E-state index contributed by atoms with van der Waals surface area (Å²) < 4.78 is 11.1. The van der Waals surface area contributed by atoms with Crippen molar-refractivity contribution in [2.45, 2.75) is 58.0 Å². The molecule has 1 fully saturated rings. The van der Waals surface area contributed by atoms with Crippen LogP contribution in [0.1, 0.15) is 62.5 Å². The summed E-state index contributed by atoms with van der Waals surface area (Å²) in [6.07, 6.45) is 5.76. The molecule has 2 aromatic heterocycles. The Kier molecular flexibility index (Phi) is 5.34. The largest absolute Gasteiger partial charge is 0.461 e. The van der Waals surface area contributed by atoms with Crippen molar-refractivity contribution < 1.29 is 18.8 Å². The Labute approximate surface area is 149 Å². The average Bonchev–Trinajstić information content (AvgIpc) is 3.27. The molecule has 140 valence electrons. The van der Waals surface area contributed by atoms with Gasteiger partial charge < -0.3 is 14.6 Å². The van der Waals surface area contributed by atoms with Crippen LogP contribution in [0, 0.1) is 0 Å². The van der Waals surface area contributed by atoms with E-state index >= 15 is 0 Å². The molecule has 26 heavy (non-hydrogen) atoms. The Hall–Kier alpha value is -2.71. The minimum Gasteiger partial charge on any atom is -0.461 e. The summed E-state index contributed by atoms with van der Waals surface area (Å²) in [5.41, 5.74) is -0.826. The molecule has 1 N–H and O–H groups in total. The second-order valence-corrected chi connectivity index (χ2v) is 6.30. The van der Waals surface area contributed by atoms with Gasteiger partial charge in [0.1, 0.15) is 17.8 Å². The van der Waals surface area contributed by atoms with E-state index < -0.39 is 17.6 Å². The number of hydrogen-bond donors (Lipinski definition) is 1. The van der Waals surface area contributed by atoms with Gasteiger partial charge in [-0.15, -0.1) is 0 Å². The Bertz CT molecular complexity index is 866. The monoisotopic (exact) mass is 362 g/mol. The van der Waals surface area contributed by atoms with E-state index in [1.807, 2.05) is 6.92 Å². The molecular formula is C17H22N4O5. The fourth-order valence-corrected chi connectivity index (χ4v) is 3.30. The summed E-state index contributed by atoms with van der Waals surface area (Å²) in [7, 11) is 0. The first-order valence-corrected chi connectivity index (χ1v) is 8.90. The quantitative estimate of drug-likeness (QED) is 0.775. The summed E-state index contributed by atoms with van der Waals surface area (Å²) in [4.78, 5) is 41.6. The molecule has 0 spiro atoms. The van der Waals surface area contributed by atoms with E-state index in [0.29, 0.717) is 6.42 Å². The molecule has 1 atom stereocenters. The van der Waals surface area contributed by atoms with Crippen molar-refractivity contribution in [1.29, 1.82) is 0 Å². The minimum absolute atomic E-state index is 0.0552. The van der Waals surface area contributed by atoms with Crippen LogP contribution in [0.3, 0.4) is 0 Å². The van der Waals surface area contributed by atoms with E-state index in [4.69, 9.17) is 9.26 Å². The predicted molar refractivity (Wildman–Crippen MR) is 91.7 cm³/mol. The zero-order valence-corrected chi connectivity index (χ0v) is 14.9. The maximum atomic E-state index is 12.9. The topological polar surface area (TPSA) is 116 Å². The van der Waals surface area contributed by atoms with Crippen LogP contribution in [0.2, 0.25) is 0 Å². The van der Waals surface area contributed by atoms with Crippen molar-refractivity contribution in [3.05, 3.63) is 22.4 Å². The summed E-state index contributed by atoms with van der Waals surface area (Å²) in [6, 6.07) is -0.570. The lowest BCUT2D eigenvalue weighted by molar-refractivity contribution is -0.125. The molecule has 0 bridgehead atoms. The highest BCUT2D eigenvalue weighted by Crippen LogP contribution is 2.20. The number of fused-ring (bicyclic) bond motifs is 1. The van der Waals surface area contributed by atoms with Crippen LogP contribution in [0.15, 0.2) is 15.6 Å². The molecule has 0 aromatic carbocycles. The Morgan fingerprint density at radius 3 is 2.77 bits per heavy atom. The van der Waals surface area contributed by atoms with E-state index in [1.54, 1.807) is 6.92 Å². The van der Waals surface area contributed by atoms with Gasteiger partial charge in [0.2, 0.25) is 11.6 Å². The van der Waals surface area contributed by atoms with E-state index in [-0.39, 0.29) is 35.3 Å². The molecule has 0 aliphatic heterocycles. The molecule has 1 saturated carbocycles. The number of carbonyl (C=O) groups excluding carboxylic acids is 2. The fraction of sp³-hybridized carbons (Fsp3) is 0.588. The van der Waals surface area contributed by atoms with Crippen molar-refractivity contribution in [3.8, 4) is 0 Å². The number of esters is 1. The normalized spacial score (nSPS) is 15.9. The van der Waals surface area contributed by atoms with Crippen LogP contribution in [0.25, 0.3) is 11.1 Å². The van der Waals surface area contributed by atoms with E-state index in [1.165, 1.54) is 10.9 Å². The Morgan fingerprint density at radius 2 is 2.12 bits per heavy atom. The molecule has 1 aliphatic rings. The van der Waals surface area contributed by atoms with E-state index in [2.05, 4.69) is 15.5 Å². The molecule has 0 radical (unpaired) electrons. The first-order chi connectivity index (χ1) is 12.6. The third-order valence-electron chi connectivity index (χ3n) is 4.62. The van der Waals surface area contributed by atoms with Crippen LogP contribution in [-0.4, -0.2) is 39.2 Å². The SMILES string of the molecule is CCOC(=O)c1noc2ncn([C@@H](CC)C(=O)NC3CCCC3)c(=O)c12. The third kappa shape index (κ3) is 3.33. The van der Waals surface area contributed by atoms with Gasteiger partial charge in [0, 0.05) is 6.04 Å². The number of hydrogen-bond acceptors (Lipinski definition) is 7. The number of nitrogens with one attached hydrogen (secondary N) is 1. The summed E-state index contributed by atoms with van der Waals surface area (Å²) in [5.74, 6) is -0.983. The van der Waals surface area contributed by atoms with Crippen molar-refractivity contribution in [1.82, 2.24) is 20.0 Å². The number of nitrogens with zero attached hydrogens (tertiary/aromatic N) is 3. The highest BCUT2D eigenvalue weighted by Gasteiger charge is 2.28. The molecule has 0 saturated heterocycles. The first kappa shape index (κ1) is 18.1. The summed E-state index contributed by atoms with van der Waals surface area (Å²) in [5, 5.41) is 6.53. The van der Waals surface area contributed by atoms with Gasteiger partial charge >= 0.3 is 5.97 Å². The fourth-order valence-electron chi connectivity index (χ4n) is 3.30. The molecule has 2 aromatic rings. The van der Waals surface area contributed by atoms with Crippen molar-refractivity contribution in [2.75, 3.05) is 6.61 Å². The molecule has 9 heteroatoms. The van der Waals surface area contributed by atoms with Gasteiger partial charge in [-0.3, -0.25) is 14.2 Å². The molecule has 9 nitrogen and oxygen atoms in total. The standard InChI is InChI=1S/C17H22N4O5/c1-3-11(14(22)19-10-7-5-6-8-10)21-9-18-15-12(16(21)23)13(20-26-15)17(24)25-4-2/h9-11H,3-8H2,1-2H3,(H,19,22)/t11-/m0/s1. The van der Waals surface area contributed by atoms with Gasteiger partial charge in [-0.25, -0.2) is 9.78 Å². The first-order valence-electron chi connectivity index (χ1n) is 8.90. The number of rotatable bonds is 6.